The molecule has 22 rings (SSSR count). The molecule has 0 spiro atoms. The molecular weight excluding hydrogens is 1260 g/mol. The standard InChI is InChI=1S/C96H58N4OS/c1-8-37-85-73(26-1)74-27-2-9-38-86(74)98(85)68-45-48-91-83(57-68)77-30-5-12-41-89(77)100(91)70-54-65(60-21-16-23-63(51-60)71-33-18-35-80-78-31-6-13-42-93(78)101-95(71)80)52-66(55-70)62-44-47-90-82(56-62)84-58-69(99-87-39-10-3-28-75(87)76-29-4-11-40-88(76)99)46-49-92(84)97(90)67-25-17-22-61(53-67)59-20-15-24-64(50-59)72-34-19-36-81-79-32-7-14-43-94(79)102-96(72)81/h1-58H. The first-order valence-corrected chi connectivity index (χ1v) is 35.8. The lowest BCUT2D eigenvalue weighted by atomic mass is 9.94. The minimum absolute atomic E-state index is 0.886. The number of aromatic nitrogens is 4. The maximum absolute atomic E-state index is 6.70. The van der Waals surface area contributed by atoms with Gasteiger partial charge in [-0.05, 0) is 184 Å². The van der Waals surface area contributed by atoms with Crippen molar-refractivity contribution >= 4 is 141 Å². The van der Waals surface area contributed by atoms with Crippen molar-refractivity contribution in [3.05, 3.63) is 352 Å². The van der Waals surface area contributed by atoms with E-state index in [9.17, 15) is 0 Å². The van der Waals surface area contributed by atoms with E-state index in [1.807, 2.05) is 17.4 Å². The van der Waals surface area contributed by atoms with Crippen LogP contribution in [0.1, 0.15) is 0 Å². The third kappa shape index (κ3) is 8.57. The lowest BCUT2D eigenvalue weighted by Gasteiger charge is -2.15. The Morgan fingerprint density at radius 2 is 0.559 bits per heavy atom. The molecule has 0 unspecified atom stereocenters. The van der Waals surface area contributed by atoms with Gasteiger partial charge in [0, 0.05) is 102 Å². The second kappa shape index (κ2) is 22.1. The lowest BCUT2D eigenvalue weighted by molar-refractivity contribution is 0.670. The summed E-state index contributed by atoms with van der Waals surface area (Å²) in [5.41, 5.74) is 26.8. The molecule has 0 amide bonds. The van der Waals surface area contributed by atoms with Crippen LogP contribution in [0.3, 0.4) is 0 Å². The van der Waals surface area contributed by atoms with Gasteiger partial charge in [0.1, 0.15) is 11.2 Å². The van der Waals surface area contributed by atoms with E-state index in [0.717, 1.165) is 111 Å². The molecule has 0 aliphatic carbocycles. The van der Waals surface area contributed by atoms with Crippen molar-refractivity contribution in [2.75, 3.05) is 0 Å². The summed E-state index contributed by atoms with van der Waals surface area (Å²) in [5.74, 6) is 0. The van der Waals surface area contributed by atoms with Gasteiger partial charge in [-0.3, -0.25) is 0 Å². The van der Waals surface area contributed by atoms with E-state index in [1.165, 1.54) is 96.6 Å². The SMILES string of the molecule is c1cc(-c2cc(-c3ccc4c(c3)c3cc(-n5c6ccccc6c6ccccc65)ccc3n4-c3cccc(-c4cccc(-c5cccc6c5sc5ccccc56)c4)c3)cc(-n3c4ccccc4c4cc(-n5c6ccccc6c6ccccc65)ccc43)c2)cc(-c2cccc3c2oc2ccccc23)c1. The Balaban J connectivity index is 0.754. The van der Waals surface area contributed by atoms with Gasteiger partial charge in [-0.1, -0.05) is 218 Å². The van der Waals surface area contributed by atoms with E-state index in [4.69, 9.17) is 4.42 Å². The third-order valence-corrected chi connectivity index (χ3v) is 22.7. The van der Waals surface area contributed by atoms with E-state index in [1.54, 1.807) is 0 Å². The highest BCUT2D eigenvalue weighted by molar-refractivity contribution is 7.26. The van der Waals surface area contributed by atoms with Gasteiger partial charge in [-0.15, -0.1) is 11.3 Å². The number of thiophene rings is 1. The number of fused-ring (bicyclic) bond motifs is 18. The maximum Gasteiger partial charge on any atom is 0.143 e. The first-order valence-electron chi connectivity index (χ1n) is 34.9. The molecule has 6 heteroatoms. The number of benzene rings is 16. The summed E-state index contributed by atoms with van der Waals surface area (Å²) >= 11 is 1.88. The van der Waals surface area contributed by atoms with Crippen LogP contribution in [0.25, 0.3) is 208 Å². The summed E-state index contributed by atoms with van der Waals surface area (Å²) < 4.78 is 19.2. The molecule has 0 saturated heterocycles. The van der Waals surface area contributed by atoms with Gasteiger partial charge < -0.3 is 22.7 Å². The highest BCUT2D eigenvalue weighted by atomic mass is 32.1. The fraction of sp³-hybridized carbons (Fsp3) is 0. The molecule has 22 aromatic rings. The van der Waals surface area contributed by atoms with Gasteiger partial charge >= 0.3 is 0 Å². The Morgan fingerprint density at radius 3 is 1.16 bits per heavy atom. The van der Waals surface area contributed by atoms with Gasteiger partial charge in [0.25, 0.3) is 0 Å². The molecule has 0 aliphatic rings. The molecular formula is C96H58N4OS. The zero-order chi connectivity index (χ0) is 66.7. The fourth-order valence-electron chi connectivity index (χ4n) is 17.0. The van der Waals surface area contributed by atoms with Gasteiger partial charge in [-0.2, -0.15) is 0 Å². The largest absolute Gasteiger partial charge is 0.455 e. The molecule has 5 nitrogen and oxygen atoms in total. The first-order chi connectivity index (χ1) is 50.6. The molecule has 0 aliphatic heterocycles. The topological polar surface area (TPSA) is 32.9 Å². The Bertz CT molecular complexity index is 7180. The maximum atomic E-state index is 6.70. The van der Waals surface area contributed by atoms with Gasteiger partial charge in [0.05, 0.1) is 44.1 Å². The first kappa shape index (κ1) is 56.7. The average molecular weight is 1320 g/mol. The van der Waals surface area contributed by atoms with Crippen molar-refractivity contribution in [2.45, 2.75) is 0 Å². The smallest absolute Gasteiger partial charge is 0.143 e. The van der Waals surface area contributed by atoms with Gasteiger partial charge in [0.2, 0.25) is 0 Å². The zero-order valence-corrected chi connectivity index (χ0v) is 55.9. The predicted molar refractivity (Wildman–Crippen MR) is 431 cm³/mol. The Morgan fingerprint density at radius 1 is 0.196 bits per heavy atom. The highest BCUT2D eigenvalue weighted by Gasteiger charge is 2.23. The second-order valence-electron chi connectivity index (χ2n) is 27.1. The number of hydrogen-bond donors (Lipinski definition) is 0. The van der Waals surface area contributed by atoms with Crippen molar-refractivity contribution in [3.63, 3.8) is 0 Å². The van der Waals surface area contributed by atoms with E-state index in [0.29, 0.717) is 0 Å². The summed E-state index contributed by atoms with van der Waals surface area (Å²) in [6, 6.07) is 130. The van der Waals surface area contributed by atoms with Gasteiger partial charge in [0.15, 0.2) is 0 Å². The molecule has 0 fully saturated rings. The Kier molecular flexibility index (Phi) is 12.3. The third-order valence-electron chi connectivity index (χ3n) is 21.5. The van der Waals surface area contributed by atoms with E-state index in [-0.39, 0.29) is 0 Å². The molecule has 0 bridgehead atoms. The number of furan rings is 1. The molecule has 0 radical (unpaired) electrons. The Hall–Kier alpha value is -13.3. The molecule has 102 heavy (non-hydrogen) atoms. The summed E-state index contributed by atoms with van der Waals surface area (Å²) in [6.07, 6.45) is 0. The monoisotopic (exact) mass is 1310 g/mol. The second-order valence-corrected chi connectivity index (χ2v) is 28.2. The summed E-state index contributed by atoms with van der Waals surface area (Å²) in [6.45, 7) is 0. The van der Waals surface area contributed by atoms with Crippen molar-refractivity contribution < 1.29 is 4.42 Å². The molecule has 0 saturated carbocycles. The summed E-state index contributed by atoms with van der Waals surface area (Å²) in [7, 11) is 0. The lowest BCUT2D eigenvalue weighted by Crippen LogP contribution is -1.97. The van der Waals surface area contributed by atoms with Crippen LogP contribution in [0.15, 0.2) is 356 Å². The fourth-order valence-corrected chi connectivity index (χ4v) is 18.2. The minimum atomic E-state index is 0.886. The van der Waals surface area contributed by atoms with Crippen LogP contribution in [0.4, 0.5) is 0 Å². The molecule has 474 valence electrons. The average Bonchev–Trinajstić information content (AvgIpc) is 1.57. The number of hydrogen-bond acceptors (Lipinski definition) is 2. The van der Waals surface area contributed by atoms with Crippen LogP contribution < -0.4 is 0 Å². The van der Waals surface area contributed by atoms with Crippen molar-refractivity contribution in [1.29, 1.82) is 0 Å². The van der Waals surface area contributed by atoms with Crippen LogP contribution in [0.5, 0.6) is 0 Å². The molecule has 0 atom stereocenters. The van der Waals surface area contributed by atoms with Crippen molar-refractivity contribution in [3.8, 4) is 78.4 Å². The van der Waals surface area contributed by atoms with Crippen LogP contribution in [-0.2, 0) is 0 Å². The highest BCUT2D eigenvalue weighted by Crippen LogP contribution is 2.46. The molecule has 6 heterocycles. The van der Waals surface area contributed by atoms with Crippen molar-refractivity contribution in [1.82, 2.24) is 18.3 Å². The number of para-hydroxylation sites is 7. The van der Waals surface area contributed by atoms with Crippen LogP contribution in [0, 0.1) is 0 Å². The van der Waals surface area contributed by atoms with E-state index < -0.39 is 0 Å². The van der Waals surface area contributed by atoms with Crippen LogP contribution in [-0.4, -0.2) is 18.3 Å². The van der Waals surface area contributed by atoms with E-state index in [2.05, 4.69) is 364 Å². The van der Waals surface area contributed by atoms with Crippen LogP contribution >= 0.6 is 11.3 Å². The summed E-state index contributed by atoms with van der Waals surface area (Å²) in [5, 5.41) is 14.5. The molecule has 16 aromatic carbocycles. The predicted octanol–water partition coefficient (Wildman–Crippen LogP) is 26.7. The zero-order valence-electron chi connectivity index (χ0n) is 55.1. The normalized spacial score (nSPS) is 12.1. The molecule has 0 N–H and O–H groups in total. The molecule has 6 aromatic heterocycles. The quantitative estimate of drug-likeness (QED) is 0.142. The Labute approximate surface area is 589 Å². The number of nitrogens with zero attached hydrogens (tertiary/aromatic N) is 4. The van der Waals surface area contributed by atoms with Crippen LogP contribution in [0.2, 0.25) is 0 Å². The minimum Gasteiger partial charge on any atom is -0.455 e. The number of rotatable bonds is 9. The van der Waals surface area contributed by atoms with E-state index >= 15 is 0 Å². The van der Waals surface area contributed by atoms with Gasteiger partial charge in [-0.25, -0.2) is 0 Å². The van der Waals surface area contributed by atoms with Crippen molar-refractivity contribution in [2.24, 2.45) is 0 Å². The summed E-state index contributed by atoms with van der Waals surface area (Å²) in [4.78, 5) is 0.